The Balaban J connectivity index is 2.43. The molecular formula is C18H21NO3S. The number of amides is 1. The summed E-state index contributed by atoms with van der Waals surface area (Å²) < 4.78 is 23.7. The summed E-state index contributed by atoms with van der Waals surface area (Å²) in [6.07, 6.45) is 1.10. The summed E-state index contributed by atoms with van der Waals surface area (Å²) in [4.78, 5) is 12.6. The third-order valence-electron chi connectivity index (χ3n) is 3.51. The minimum absolute atomic E-state index is 0.0331. The maximum Gasteiger partial charge on any atom is 0.256 e. The minimum atomic E-state index is -3.47. The van der Waals surface area contributed by atoms with Crippen molar-refractivity contribution < 1.29 is 13.2 Å². The van der Waals surface area contributed by atoms with Gasteiger partial charge in [0.15, 0.2) is 9.84 Å². The third-order valence-corrected chi connectivity index (χ3v) is 4.67. The lowest BCUT2D eigenvalue weighted by Gasteiger charge is -2.23. The van der Waals surface area contributed by atoms with Crippen LogP contribution in [0.25, 0.3) is 0 Å². The molecule has 2 aromatic rings. The molecule has 1 amide bonds. The molecule has 0 aliphatic heterocycles. The smallest absolute Gasteiger partial charge is 0.256 e. The van der Waals surface area contributed by atoms with E-state index in [-0.39, 0.29) is 15.9 Å². The predicted octanol–water partition coefficient (Wildman–Crippen LogP) is 3.64. The molecule has 0 radical (unpaired) electrons. The largest absolute Gasteiger partial charge is 0.322 e. The zero-order valence-electron chi connectivity index (χ0n) is 13.8. The SMILES string of the molecule is CC(C)(C)c1ccccc1NC(=O)c1ccccc1S(C)(=O)=O. The second-order valence-corrected chi connectivity index (χ2v) is 8.50. The van der Waals surface area contributed by atoms with Crippen molar-refractivity contribution in [2.75, 3.05) is 11.6 Å². The van der Waals surface area contributed by atoms with Crippen LogP contribution in [0.15, 0.2) is 53.4 Å². The van der Waals surface area contributed by atoms with E-state index < -0.39 is 15.7 Å². The van der Waals surface area contributed by atoms with Gasteiger partial charge in [0.1, 0.15) is 0 Å². The Labute approximate surface area is 137 Å². The van der Waals surface area contributed by atoms with E-state index in [4.69, 9.17) is 0 Å². The molecule has 2 rings (SSSR count). The van der Waals surface area contributed by atoms with Crippen molar-refractivity contribution >= 4 is 21.4 Å². The maximum atomic E-state index is 12.6. The standard InChI is InChI=1S/C18H21NO3S/c1-18(2,3)14-10-6-7-11-15(14)19-17(20)13-9-5-8-12-16(13)23(4,21)22/h5-12H,1-4H3,(H,19,20). The average molecular weight is 331 g/mol. The summed E-state index contributed by atoms with van der Waals surface area (Å²) in [6.45, 7) is 6.17. The Morgan fingerprint density at radius 2 is 1.52 bits per heavy atom. The lowest BCUT2D eigenvalue weighted by Crippen LogP contribution is -2.20. The normalized spacial score (nSPS) is 12.0. The zero-order chi connectivity index (χ0) is 17.3. The second-order valence-electron chi connectivity index (χ2n) is 6.52. The summed E-state index contributed by atoms with van der Waals surface area (Å²) in [7, 11) is -3.47. The van der Waals surface area contributed by atoms with E-state index in [1.54, 1.807) is 12.1 Å². The minimum Gasteiger partial charge on any atom is -0.322 e. The molecule has 0 aliphatic carbocycles. The van der Waals surface area contributed by atoms with Gasteiger partial charge in [0, 0.05) is 11.9 Å². The van der Waals surface area contributed by atoms with Crippen LogP contribution in [0.4, 0.5) is 5.69 Å². The number of benzene rings is 2. The van der Waals surface area contributed by atoms with Crippen LogP contribution in [0.2, 0.25) is 0 Å². The van der Waals surface area contributed by atoms with Crippen LogP contribution < -0.4 is 5.32 Å². The van der Waals surface area contributed by atoms with Crippen molar-refractivity contribution in [1.82, 2.24) is 0 Å². The van der Waals surface area contributed by atoms with Crippen molar-refractivity contribution in [3.05, 3.63) is 59.7 Å². The number of rotatable bonds is 3. The van der Waals surface area contributed by atoms with E-state index >= 15 is 0 Å². The van der Waals surface area contributed by atoms with Crippen LogP contribution in [0, 0.1) is 0 Å². The van der Waals surface area contributed by atoms with Gasteiger partial charge in [0.25, 0.3) is 5.91 Å². The summed E-state index contributed by atoms with van der Waals surface area (Å²) in [6, 6.07) is 13.8. The average Bonchev–Trinajstić information content (AvgIpc) is 2.46. The van der Waals surface area contributed by atoms with Crippen LogP contribution in [-0.4, -0.2) is 20.6 Å². The molecule has 0 aliphatic rings. The number of para-hydroxylation sites is 1. The summed E-state index contributed by atoms with van der Waals surface area (Å²) in [5.74, 6) is -0.428. The molecule has 0 saturated carbocycles. The molecule has 1 N–H and O–H groups in total. The lowest BCUT2D eigenvalue weighted by atomic mass is 9.86. The van der Waals surface area contributed by atoms with Gasteiger partial charge in [-0.2, -0.15) is 0 Å². The van der Waals surface area contributed by atoms with Crippen LogP contribution in [0.3, 0.4) is 0 Å². The van der Waals surface area contributed by atoms with Gasteiger partial charge >= 0.3 is 0 Å². The van der Waals surface area contributed by atoms with Gasteiger partial charge in [0.05, 0.1) is 10.5 Å². The van der Waals surface area contributed by atoms with Crippen LogP contribution in [0.5, 0.6) is 0 Å². The highest BCUT2D eigenvalue weighted by Crippen LogP contribution is 2.29. The monoisotopic (exact) mass is 331 g/mol. The number of carbonyl (C=O) groups is 1. The third kappa shape index (κ3) is 3.99. The molecule has 0 saturated heterocycles. The highest BCUT2D eigenvalue weighted by atomic mass is 32.2. The first-order valence-electron chi connectivity index (χ1n) is 7.30. The number of hydrogen-bond donors (Lipinski definition) is 1. The number of anilines is 1. The molecule has 2 aromatic carbocycles. The van der Waals surface area contributed by atoms with Crippen molar-refractivity contribution in [2.24, 2.45) is 0 Å². The van der Waals surface area contributed by atoms with E-state index in [1.807, 2.05) is 24.3 Å². The van der Waals surface area contributed by atoms with Crippen molar-refractivity contribution in [3.63, 3.8) is 0 Å². The number of carbonyl (C=O) groups excluding carboxylic acids is 1. The molecule has 0 aromatic heterocycles. The summed E-state index contributed by atoms with van der Waals surface area (Å²) in [5.41, 5.74) is 1.69. The van der Waals surface area contributed by atoms with Gasteiger partial charge in [-0.3, -0.25) is 4.79 Å². The van der Waals surface area contributed by atoms with E-state index in [2.05, 4.69) is 26.1 Å². The van der Waals surface area contributed by atoms with Gasteiger partial charge < -0.3 is 5.32 Å². The first kappa shape index (κ1) is 17.2. The lowest BCUT2D eigenvalue weighted by molar-refractivity contribution is 0.102. The Hall–Kier alpha value is -2.14. The topological polar surface area (TPSA) is 63.2 Å². The molecule has 0 bridgehead atoms. The summed E-state index contributed by atoms with van der Waals surface area (Å²) >= 11 is 0. The first-order chi connectivity index (χ1) is 10.6. The van der Waals surface area contributed by atoms with Crippen LogP contribution >= 0.6 is 0 Å². The van der Waals surface area contributed by atoms with Gasteiger partial charge in [0.2, 0.25) is 0 Å². The quantitative estimate of drug-likeness (QED) is 0.934. The van der Waals surface area contributed by atoms with Gasteiger partial charge in [-0.15, -0.1) is 0 Å². The predicted molar refractivity (Wildman–Crippen MR) is 92.6 cm³/mol. The van der Waals surface area contributed by atoms with Crippen molar-refractivity contribution in [2.45, 2.75) is 31.1 Å². The number of sulfone groups is 1. The molecule has 122 valence electrons. The maximum absolute atomic E-state index is 12.6. The highest BCUT2D eigenvalue weighted by molar-refractivity contribution is 7.90. The van der Waals surface area contributed by atoms with Gasteiger partial charge in [-0.1, -0.05) is 51.1 Å². The molecule has 0 atom stereocenters. The van der Waals surface area contributed by atoms with Gasteiger partial charge in [-0.25, -0.2) is 8.42 Å². The Bertz CT molecular complexity index is 833. The number of nitrogens with one attached hydrogen (secondary N) is 1. The van der Waals surface area contributed by atoms with Crippen molar-refractivity contribution in [3.8, 4) is 0 Å². The molecule has 4 nitrogen and oxygen atoms in total. The molecular weight excluding hydrogens is 310 g/mol. The fourth-order valence-electron chi connectivity index (χ4n) is 2.41. The van der Waals surface area contributed by atoms with E-state index in [1.165, 1.54) is 12.1 Å². The number of hydrogen-bond acceptors (Lipinski definition) is 3. The zero-order valence-corrected chi connectivity index (χ0v) is 14.6. The van der Waals surface area contributed by atoms with E-state index in [0.717, 1.165) is 11.8 Å². The second kappa shape index (κ2) is 6.16. The van der Waals surface area contributed by atoms with E-state index in [9.17, 15) is 13.2 Å². The fraction of sp³-hybridized carbons (Fsp3) is 0.278. The molecule has 0 spiro atoms. The molecule has 23 heavy (non-hydrogen) atoms. The van der Waals surface area contributed by atoms with Crippen LogP contribution in [-0.2, 0) is 15.3 Å². The van der Waals surface area contributed by atoms with Crippen LogP contribution in [0.1, 0.15) is 36.7 Å². The van der Waals surface area contributed by atoms with Crippen molar-refractivity contribution in [1.29, 1.82) is 0 Å². The molecule has 0 unspecified atom stereocenters. The molecule has 0 fully saturated rings. The Kier molecular flexibility index (Phi) is 4.61. The Morgan fingerprint density at radius 3 is 2.13 bits per heavy atom. The molecule has 0 heterocycles. The fourth-order valence-corrected chi connectivity index (χ4v) is 3.30. The van der Waals surface area contributed by atoms with E-state index in [0.29, 0.717) is 5.69 Å². The first-order valence-corrected chi connectivity index (χ1v) is 9.20. The van der Waals surface area contributed by atoms with Gasteiger partial charge in [-0.05, 0) is 29.2 Å². The molecule has 5 heteroatoms. The summed E-state index contributed by atoms with van der Waals surface area (Å²) in [5, 5.41) is 2.84. The highest BCUT2D eigenvalue weighted by Gasteiger charge is 2.21. The Morgan fingerprint density at radius 1 is 0.957 bits per heavy atom.